The monoisotopic (exact) mass is 423 g/mol. The first kappa shape index (κ1) is 26.8. The van der Waals surface area contributed by atoms with Crippen LogP contribution in [0.25, 0.3) is 0 Å². The first-order valence-corrected chi connectivity index (χ1v) is 12.5. The molecule has 1 heterocycles. The molecule has 0 aromatic carbocycles. The third kappa shape index (κ3) is 11.8. The Morgan fingerprint density at radius 2 is 1.50 bits per heavy atom. The number of aliphatic hydroxyl groups is 1. The van der Waals surface area contributed by atoms with E-state index in [4.69, 9.17) is 5.11 Å². The molecule has 0 aliphatic carbocycles. The number of carboxylic acids is 1. The molecule has 1 atom stereocenters. The van der Waals surface area contributed by atoms with Gasteiger partial charge in [-0.05, 0) is 12.8 Å². The molecule has 2 N–H and O–H groups in total. The van der Waals surface area contributed by atoms with Crippen LogP contribution < -0.4 is 0 Å². The van der Waals surface area contributed by atoms with E-state index in [1.165, 1.54) is 83.5 Å². The fraction of sp³-hybridized carbons (Fsp3) is 0.840. The normalized spacial score (nSPS) is 18.9. The molecular weight excluding hydrogens is 376 g/mol. The van der Waals surface area contributed by atoms with Crippen LogP contribution in [0.1, 0.15) is 103 Å². The average molecular weight is 424 g/mol. The molecule has 0 aromatic heterocycles. The minimum Gasteiger partial charge on any atom is -0.481 e. The molecule has 1 aliphatic rings. The molecule has 0 radical (unpaired) electrons. The Bertz CT molecular complexity index is 505. The van der Waals surface area contributed by atoms with Crippen molar-refractivity contribution in [3.8, 4) is 0 Å². The van der Waals surface area contributed by atoms with Gasteiger partial charge in [-0.15, -0.1) is 0 Å². The molecule has 1 aliphatic heterocycles. The number of rotatable bonds is 20. The van der Waals surface area contributed by atoms with Crippen LogP contribution in [0.15, 0.2) is 17.1 Å². The summed E-state index contributed by atoms with van der Waals surface area (Å²) in [4.78, 5) is 15.6. The van der Waals surface area contributed by atoms with Crippen molar-refractivity contribution in [3.05, 3.63) is 12.2 Å². The lowest BCUT2D eigenvalue weighted by Gasteiger charge is -2.32. The first-order valence-electron chi connectivity index (χ1n) is 12.5. The van der Waals surface area contributed by atoms with Crippen molar-refractivity contribution in [3.63, 3.8) is 0 Å². The lowest BCUT2D eigenvalue weighted by molar-refractivity contribution is -0.834. The molecule has 0 fully saturated rings. The summed E-state index contributed by atoms with van der Waals surface area (Å²) >= 11 is 0. The van der Waals surface area contributed by atoms with Crippen LogP contribution in [0.3, 0.4) is 0 Å². The Balaban J connectivity index is 2.08. The zero-order valence-electron chi connectivity index (χ0n) is 19.5. The van der Waals surface area contributed by atoms with E-state index in [0.717, 1.165) is 25.3 Å². The van der Waals surface area contributed by atoms with Gasteiger partial charge in [-0.2, -0.15) is 0 Å². The number of carboxylic acid groups (broad SMARTS) is 1. The molecule has 0 saturated heterocycles. The second-order valence-corrected chi connectivity index (χ2v) is 8.86. The minimum absolute atomic E-state index is 0.0608. The van der Waals surface area contributed by atoms with Gasteiger partial charge >= 0.3 is 5.97 Å². The summed E-state index contributed by atoms with van der Waals surface area (Å²) in [7, 11) is 0. The highest BCUT2D eigenvalue weighted by Gasteiger charge is 2.36. The summed E-state index contributed by atoms with van der Waals surface area (Å²) in [6.45, 7) is 4.91. The van der Waals surface area contributed by atoms with Crippen molar-refractivity contribution in [2.75, 3.05) is 32.8 Å². The fourth-order valence-electron chi connectivity index (χ4n) is 4.37. The van der Waals surface area contributed by atoms with E-state index in [9.17, 15) is 9.90 Å². The van der Waals surface area contributed by atoms with E-state index >= 15 is 0 Å². The zero-order valence-corrected chi connectivity index (χ0v) is 19.5. The van der Waals surface area contributed by atoms with E-state index in [1.807, 2.05) is 0 Å². The third-order valence-electron chi connectivity index (χ3n) is 6.31. The number of carbonyl (C=O) groups is 1. The highest BCUT2D eigenvalue weighted by atomic mass is 16.4. The zero-order chi connectivity index (χ0) is 21.9. The molecule has 30 heavy (non-hydrogen) atoms. The summed E-state index contributed by atoms with van der Waals surface area (Å²) in [6, 6.07) is 0. The smallest absolute Gasteiger partial charge is 0.309 e. The predicted octanol–water partition coefficient (Wildman–Crippen LogP) is 5.72. The van der Waals surface area contributed by atoms with E-state index in [0.29, 0.717) is 17.6 Å². The van der Waals surface area contributed by atoms with Gasteiger partial charge in [0.15, 0.2) is 0 Å². The summed E-state index contributed by atoms with van der Waals surface area (Å²) in [6.07, 6.45) is 23.2. The van der Waals surface area contributed by atoms with Crippen LogP contribution in [0.2, 0.25) is 0 Å². The fourth-order valence-corrected chi connectivity index (χ4v) is 4.37. The Labute approximate surface area is 184 Å². The van der Waals surface area contributed by atoms with Gasteiger partial charge in [-0.3, -0.25) is 9.28 Å². The van der Waals surface area contributed by atoms with Crippen LogP contribution in [0.4, 0.5) is 0 Å². The predicted molar refractivity (Wildman–Crippen MR) is 126 cm³/mol. The van der Waals surface area contributed by atoms with Crippen LogP contribution in [-0.2, 0) is 4.79 Å². The largest absolute Gasteiger partial charge is 0.481 e. The quantitative estimate of drug-likeness (QED) is 0.194. The first-order chi connectivity index (χ1) is 14.6. The number of hydrogen-bond donors (Lipinski definition) is 2. The van der Waals surface area contributed by atoms with Gasteiger partial charge in [0.25, 0.3) is 0 Å². The number of quaternary nitrogens is 1. The summed E-state index contributed by atoms with van der Waals surface area (Å²) in [5.41, 5.74) is 0. The Morgan fingerprint density at radius 1 is 0.933 bits per heavy atom. The molecular formula is C25H47N2O3+. The van der Waals surface area contributed by atoms with E-state index in [1.54, 1.807) is 0 Å². The van der Waals surface area contributed by atoms with Gasteiger partial charge in [0.1, 0.15) is 13.1 Å². The Hall–Kier alpha value is -1.20. The maximum absolute atomic E-state index is 11.0. The van der Waals surface area contributed by atoms with Crippen LogP contribution in [0, 0.1) is 0 Å². The minimum atomic E-state index is -0.785. The maximum atomic E-state index is 11.0. The highest BCUT2D eigenvalue weighted by molar-refractivity contribution is 5.88. The Morgan fingerprint density at radius 3 is 2.03 bits per heavy atom. The molecule has 0 aromatic rings. The second-order valence-electron chi connectivity index (χ2n) is 8.86. The number of hydrogen-bond acceptors (Lipinski definition) is 3. The lowest BCUT2D eigenvalue weighted by Crippen LogP contribution is -2.53. The van der Waals surface area contributed by atoms with Crippen LogP contribution in [-0.4, -0.2) is 59.3 Å². The summed E-state index contributed by atoms with van der Waals surface area (Å²) in [5, 5.41) is 18.5. The molecule has 0 amide bonds. The van der Waals surface area contributed by atoms with Crippen molar-refractivity contribution in [1.82, 2.24) is 0 Å². The number of nitrogens with zero attached hydrogens (tertiary/aromatic N) is 2. The van der Waals surface area contributed by atoms with Crippen molar-refractivity contribution in [2.45, 2.75) is 103 Å². The molecule has 5 heteroatoms. The molecule has 5 nitrogen and oxygen atoms in total. The molecule has 1 unspecified atom stereocenters. The third-order valence-corrected chi connectivity index (χ3v) is 6.31. The van der Waals surface area contributed by atoms with E-state index < -0.39 is 5.97 Å². The van der Waals surface area contributed by atoms with Gasteiger partial charge in [-0.25, -0.2) is 4.99 Å². The molecule has 1 rings (SSSR count). The molecule has 0 saturated carbocycles. The second kappa shape index (κ2) is 17.5. The molecule has 0 bridgehead atoms. The van der Waals surface area contributed by atoms with E-state index in [2.05, 4.69) is 24.1 Å². The number of aliphatic carboxylic acids is 1. The lowest BCUT2D eigenvalue weighted by atomic mass is 10.0. The average Bonchev–Trinajstić information content (AvgIpc) is 3.12. The van der Waals surface area contributed by atoms with Crippen molar-refractivity contribution >= 4 is 11.8 Å². The summed E-state index contributed by atoms with van der Waals surface area (Å²) < 4.78 is 0.512. The highest BCUT2D eigenvalue weighted by Crippen LogP contribution is 2.18. The van der Waals surface area contributed by atoms with Crippen molar-refractivity contribution < 1.29 is 19.5 Å². The van der Waals surface area contributed by atoms with Gasteiger partial charge in [0.2, 0.25) is 5.84 Å². The standard InChI is InChI=1S/C25H46N2O3/c1-2-3-4-5-6-7-8-9-10-11-12-13-14-15-16-17-24-26-19-21-27(24,22-23-28)20-18-25(29)30/h16-17,28H,2-15,18-23H2,1H3/p+1/b17-16+. The van der Waals surface area contributed by atoms with E-state index in [-0.39, 0.29) is 13.0 Å². The maximum Gasteiger partial charge on any atom is 0.309 e. The van der Waals surface area contributed by atoms with Crippen LogP contribution in [0.5, 0.6) is 0 Å². The topological polar surface area (TPSA) is 69.9 Å². The summed E-state index contributed by atoms with van der Waals surface area (Å²) in [5.74, 6) is 0.160. The SMILES string of the molecule is CCCCCCCCCCCCCCC/C=C/C1=NCC[N+]1(CCO)CCC(=O)O. The van der Waals surface area contributed by atoms with Crippen LogP contribution >= 0.6 is 0 Å². The van der Waals surface area contributed by atoms with Crippen molar-refractivity contribution in [2.24, 2.45) is 4.99 Å². The number of aliphatic imine (C=N–C) groups is 1. The van der Waals surface area contributed by atoms with Gasteiger partial charge in [-0.1, -0.05) is 90.0 Å². The van der Waals surface area contributed by atoms with Gasteiger partial charge in [0.05, 0.1) is 26.1 Å². The number of amidine groups is 1. The van der Waals surface area contributed by atoms with Crippen molar-refractivity contribution in [1.29, 1.82) is 0 Å². The number of unbranched alkanes of at least 4 members (excludes halogenated alkanes) is 13. The number of aliphatic hydroxyl groups excluding tert-OH is 1. The molecule has 174 valence electrons. The Kier molecular flexibility index (Phi) is 15.6. The van der Waals surface area contributed by atoms with Gasteiger partial charge < -0.3 is 10.2 Å². The molecule has 0 spiro atoms. The number of allylic oxidation sites excluding steroid dienone is 1. The van der Waals surface area contributed by atoms with Gasteiger partial charge in [0, 0.05) is 6.08 Å².